The van der Waals surface area contributed by atoms with Crippen LogP contribution >= 0.6 is 11.6 Å². The van der Waals surface area contributed by atoms with E-state index < -0.39 is 29.6 Å². The third-order valence-corrected chi connectivity index (χ3v) is 8.45. The number of imidazole rings is 1. The van der Waals surface area contributed by atoms with Gasteiger partial charge in [0.15, 0.2) is 11.2 Å². The predicted octanol–water partition coefficient (Wildman–Crippen LogP) is 3.58. The minimum absolute atomic E-state index is 0.0528. The Bertz CT molecular complexity index is 2010. The average molecular weight is 617 g/mol. The molecule has 44 heavy (non-hydrogen) atoms. The highest BCUT2D eigenvalue weighted by Crippen LogP contribution is 2.40. The van der Waals surface area contributed by atoms with Gasteiger partial charge in [-0.25, -0.2) is 4.98 Å². The number of aliphatic hydroxyl groups excluding tert-OH is 1. The van der Waals surface area contributed by atoms with Gasteiger partial charge in [-0.2, -0.15) is 4.98 Å². The lowest BCUT2D eigenvalue weighted by atomic mass is 10.0. The molecular formula is C31H29ClN6O6. The highest BCUT2D eigenvalue weighted by atomic mass is 35.5. The molecule has 0 radical (unpaired) electrons. The number of aliphatic hydroxyl groups is 1. The highest BCUT2D eigenvalue weighted by molar-refractivity contribution is 6.30. The minimum Gasteiger partial charge on any atom is -0.497 e. The second kappa shape index (κ2) is 11.3. The summed E-state index contributed by atoms with van der Waals surface area (Å²) in [6.07, 6.45) is 0.747. The van der Waals surface area contributed by atoms with Gasteiger partial charge in [0, 0.05) is 27.6 Å². The number of benzene rings is 2. The number of nitrogen functional groups attached to an aromatic ring is 1. The fraction of sp³-hybridized carbons (Fsp3) is 0.258. The maximum Gasteiger partial charge on any atom is 0.310 e. The number of rotatable bonds is 7. The number of nitrogens with two attached hydrogens (primary N) is 1. The zero-order valence-corrected chi connectivity index (χ0v) is 24.7. The van der Waals surface area contributed by atoms with E-state index in [1.165, 1.54) is 6.33 Å². The number of carbonyl (C=O) groups excluding carboxylic acids is 2. The predicted molar refractivity (Wildman–Crippen MR) is 164 cm³/mol. The molecule has 5 aromatic rings. The first kappa shape index (κ1) is 29.1. The lowest BCUT2D eigenvalue weighted by Gasteiger charge is -2.18. The lowest BCUT2D eigenvalue weighted by molar-refractivity contribution is -0.144. The lowest BCUT2D eigenvalue weighted by Crippen LogP contribution is -2.23. The van der Waals surface area contributed by atoms with Crippen LogP contribution in [0, 0.1) is 12.8 Å². The second-order valence-corrected chi connectivity index (χ2v) is 11.2. The van der Waals surface area contributed by atoms with Gasteiger partial charge in [-0.3, -0.25) is 23.9 Å². The standard InChI is InChI=1S/C31H29ClN6O6/c1-15-22(25(39)12-24(15)37-14-34-27-28(37)35-31(33)36-29(27)41)13-44-26(40)11-20-16(2)38(23-9-8-19(43-3)10-21(20)23)30(42)17-4-6-18(32)7-5-17/h4-10,14,22,24-25,39H,1,11-13H2,2-3H3,(H3,33,35,36,41). The van der Waals surface area contributed by atoms with Crippen molar-refractivity contribution in [3.05, 3.63) is 93.1 Å². The number of carbonyl (C=O) groups is 2. The number of halogens is 1. The Labute approximate surface area is 255 Å². The van der Waals surface area contributed by atoms with Crippen LogP contribution in [0.4, 0.5) is 5.95 Å². The maximum absolute atomic E-state index is 13.6. The van der Waals surface area contributed by atoms with Crippen LogP contribution in [-0.4, -0.2) is 60.9 Å². The average Bonchev–Trinajstić information content (AvgIpc) is 3.63. The van der Waals surface area contributed by atoms with E-state index in [1.54, 1.807) is 65.6 Å². The fourth-order valence-corrected chi connectivity index (χ4v) is 6.02. The van der Waals surface area contributed by atoms with E-state index in [0.29, 0.717) is 44.1 Å². The summed E-state index contributed by atoms with van der Waals surface area (Å²) in [6.45, 7) is 5.83. The number of esters is 1. The number of hydrogen-bond donors (Lipinski definition) is 3. The van der Waals surface area contributed by atoms with Crippen molar-refractivity contribution in [2.75, 3.05) is 19.5 Å². The fourth-order valence-electron chi connectivity index (χ4n) is 5.89. The summed E-state index contributed by atoms with van der Waals surface area (Å²) in [5.74, 6) is -0.843. The van der Waals surface area contributed by atoms with Crippen molar-refractivity contribution >= 4 is 51.5 Å². The molecule has 226 valence electrons. The number of aromatic amines is 1. The van der Waals surface area contributed by atoms with Crippen LogP contribution in [0.15, 0.2) is 65.7 Å². The van der Waals surface area contributed by atoms with Gasteiger partial charge in [0.05, 0.1) is 37.5 Å². The van der Waals surface area contributed by atoms with Gasteiger partial charge in [0.2, 0.25) is 5.95 Å². The SMILES string of the molecule is C=C1C(COC(=O)Cc2c(C)n(C(=O)c3ccc(Cl)cc3)c3ccc(OC)cc23)C(O)CC1n1cnc2c(=O)[nH]c(N)nc21. The van der Waals surface area contributed by atoms with Crippen molar-refractivity contribution in [2.24, 2.45) is 5.92 Å². The summed E-state index contributed by atoms with van der Waals surface area (Å²) in [6, 6.07) is 11.5. The zero-order chi connectivity index (χ0) is 31.3. The Balaban J connectivity index is 1.23. The molecular weight excluding hydrogens is 588 g/mol. The molecule has 3 aromatic heterocycles. The van der Waals surface area contributed by atoms with Crippen LogP contribution < -0.4 is 16.0 Å². The van der Waals surface area contributed by atoms with Gasteiger partial charge >= 0.3 is 5.97 Å². The van der Waals surface area contributed by atoms with Gasteiger partial charge in [-0.1, -0.05) is 18.2 Å². The summed E-state index contributed by atoms with van der Waals surface area (Å²) in [5, 5.41) is 12.1. The van der Waals surface area contributed by atoms with Gasteiger partial charge < -0.3 is 24.9 Å². The van der Waals surface area contributed by atoms with Crippen LogP contribution in [0.3, 0.4) is 0 Å². The first-order valence-electron chi connectivity index (χ1n) is 13.8. The molecule has 0 saturated heterocycles. The molecule has 3 heterocycles. The summed E-state index contributed by atoms with van der Waals surface area (Å²) in [4.78, 5) is 49.8. The van der Waals surface area contributed by atoms with E-state index in [4.69, 9.17) is 26.8 Å². The zero-order valence-electron chi connectivity index (χ0n) is 23.9. The van der Waals surface area contributed by atoms with Crippen molar-refractivity contribution in [3.8, 4) is 5.75 Å². The normalized spacial score (nSPS) is 18.3. The number of fused-ring (bicyclic) bond motifs is 2. The second-order valence-electron chi connectivity index (χ2n) is 10.7. The monoisotopic (exact) mass is 616 g/mol. The number of nitrogens with zero attached hydrogens (tertiary/aromatic N) is 4. The summed E-state index contributed by atoms with van der Waals surface area (Å²) in [7, 11) is 1.54. The molecule has 13 heteroatoms. The largest absolute Gasteiger partial charge is 0.497 e. The molecule has 0 amide bonds. The van der Waals surface area contributed by atoms with E-state index in [2.05, 4.69) is 21.5 Å². The van der Waals surface area contributed by atoms with E-state index in [1.807, 2.05) is 0 Å². The molecule has 2 aromatic carbocycles. The van der Waals surface area contributed by atoms with Crippen LogP contribution in [0.1, 0.15) is 34.1 Å². The Hall–Kier alpha value is -4.94. The number of methoxy groups -OCH3 is 1. The molecule has 3 unspecified atom stereocenters. The van der Waals surface area contributed by atoms with Crippen molar-refractivity contribution in [1.82, 2.24) is 24.1 Å². The number of aromatic nitrogens is 5. The molecule has 4 N–H and O–H groups in total. The molecule has 12 nitrogen and oxygen atoms in total. The molecule has 0 spiro atoms. The molecule has 0 bridgehead atoms. The Kier molecular flexibility index (Phi) is 7.48. The molecule has 3 atom stereocenters. The third kappa shape index (κ3) is 5.01. The van der Waals surface area contributed by atoms with Crippen molar-refractivity contribution in [3.63, 3.8) is 0 Å². The molecule has 0 aliphatic heterocycles. The summed E-state index contributed by atoms with van der Waals surface area (Å²) < 4.78 is 14.3. The Morgan fingerprint density at radius 3 is 2.70 bits per heavy atom. The topological polar surface area (TPSA) is 167 Å². The highest BCUT2D eigenvalue weighted by Gasteiger charge is 2.39. The van der Waals surface area contributed by atoms with E-state index in [-0.39, 0.29) is 42.5 Å². The molecule has 1 fully saturated rings. The first-order valence-corrected chi connectivity index (χ1v) is 14.2. The number of hydrogen-bond acceptors (Lipinski definition) is 9. The maximum atomic E-state index is 13.6. The van der Waals surface area contributed by atoms with E-state index >= 15 is 0 Å². The smallest absolute Gasteiger partial charge is 0.310 e. The van der Waals surface area contributed by atoms with Gasteiger partial charge in [0.25, 0.3) is 11.5 Å². The Morgan fingerprint density at radius 1 is 1.23 bits per heavy atom. The molecule has 1 aliphatic carbocycles. The minimum atomic E-state index is -0.859. The quantitative estimate of drug-likeness (QED) is 0.183. The summed E-state index contributed by atoms with van der Waals surface area (Å²) >= 11 is 6.02. The van der Waals surface area contributed by atoms with Crippen LogP contribution in [0.2, 0.25) is 5.02 Å². The third-order valence-electron chi connectivity index (χ3n) is 8.20. The molecule has 6 rings (SSSR count). The van der Waals surface area contributed by atoms with E-state index in [9.17, 15) is 19.5 Å². The van der Waals surface area contributed by atoms with E-state index in [0.717, 1.165) is 0 Å². The number of nitrogens with one attached hydrogen (secondary N) is 1. The molecule has 1 aliphatic rings. The van der Waals surface area contributed by atoms with Gasteiger partial charge in [-0.05, 0) is 66.9 Å². The van der Waals surface area contributed by atoms with Crippen molar-refractivity contribution in [2.45, 2.75) is 31.9 Å². The Morgan fingerprint density at radius 2 is 1.98 bits per heavy atom. The number of anilines is 1. The number of ether oxygens (including phenoxy) is 2. The van der Waals surface area contributed by atoms with Crippen molar-refractivity contribution < 1.29 is 24.2 Å². The van der Waals surface area contributed by atoms with Crippen LogP contribution in [-0.2, 0) is 16.0 Å². The molecule has 1 saturated carbocycles. The van der Waals surface area contributed by atoms with Crippen LogP contribution in [0.5, 0.6) is 5.75 Å². The summed E-state index contributed by atoms with van der Waals surface area (Å²) in [5.41, 5.74) is 8.53. The number of H-pyrrole nitrogens is 1. The van der Waals surface area contributed by atoms with Gasteiger partial charge in [0.1, 0.15) is 12.4 Å². The van der Waals surface area contributed by atoms with Crippen molar-refractivity contribution in [1.29, 1.82) is 0 Å². The first-order chi connectivity index (χ1) is 21.1. The van der Waals surface area contributed by atoms with Gasteiger partial charge in [-0.15, -0.1) is 0 Å². The van der Waals surface area contributed by atoms with Crippen LogP contribution in [0.25, 0.3) is 22.1 Å².